The number of ether oxygens (including phenoxy) is 1. The van der Waals surface area contributed by atoms with Gasteiger partial charge in [0.1, 0.15) is 23.7 Å². The number of nitrogens with one attached hydrogen (secondary N) is 1. The van der Waals surface area contributed by atoms with Gasteiger partial charge in [-0.2, -0.15) is 0 Å². The number of halogens is 1. The van der Waals surface area contributed by atoms with E-state index in [1.807, 2.05) is 18.2 Å². The van der Waals surface area contributed by atoms with Crippen LogP contribution in [0.4, 0.5) is 9.18 Å². The Morgan fingerprint density at radius 3 is 2.42 bits per heavy atom. The lowest BCUT2D eigenvalue weighted by molar-refractivity contribution is -0.131. The molecule has 0 spiro atoms. The van der Waals surface area contributed by atoms with Crippen LogP contribution in [-0.2, 0) is 10.3 Å². The van der Waals surface area contributed by atoms with Crippen LogP contribution in [0.1, 0.15) is 12.5 Å². The quantitative estimate of drug-likeness (QED) is 0.859. The summed E-state index contributed by atoms with van der Waals surface area (Å²) in [5.74, 6) is -0.103. The number of hydrogen-bond acceptors (Lipinski definition) is 3. The summed E-state index contributed by atoms with van der Waals surface area (Å²) in [5.41, 5.74) is -0.661. The topological polar surface area (TPSA) is 58.6 Å². The molecule has 3 rings (SSSR count). The van der Waals surface area contributed by atoms with E-state index in [9.17, 15) is 14.0 Å². The maximum absolute atomic E-state index is 13.1. The predicted molar refractivity (Wildman–Crippen MR) is 85.9 cm³/mol. The summed E-state index contributed by atoms with van der Waals surface area (Å²) in [6, 6.07) is 14.2. The number of benzene rings is 2. The van der Waals surface area contributed by atoms with Crippen molar-refractivity contribution in [3.05, 3.63) is 66.0 Å². The Labute approximate surface area is 139 Å². The van der Waals surface area contributed by atoms with Gasteiger partial charge in [-0.1, -0.05) is 30.3 Å². The number of hydrogen-bond donors (Lipinski definition) is 1. The lowest BCUT2D eigenvalue weighted by atomic mass is 9.92. The highest BCUT2D eigenvalue weighted by atomic mass is 19.1. The highest BCUT2D eigenvalue weighted by Crippen LogP contribution is 2.28. The van der Waals surface area contributed by atoms with Crippen molar-refractivity contribution in [1.29, 1.82) is 0 Å². The zero-order valence-corrected chi connectivity index (χ0v) is 13.2. The molecule has 1 fully saturated rings. The summed E-state index contributed by atoms with van der Waals surface area (Å²) in [5, 5.41) is 2.67. The molecule has 2 aromatic carbocycles. The van der Waals surface area contributed by atoms with Crippen molar-refractivity contribution < 1.29 is 18.7 Å². The Kier molecular flexibility index (Phi) is 4.20. The summed E-state index contributed by atoms with van der Waals surface area (Å²) < 4.78 is 18.6. The van der Waals surface area contributed by atoms with E-state index in [2.05, 4.69) is 5.32 Å². The maximum atomic E-state index is 13.1. The Balaban J connectivity index is 1.68. The maximum Gasteiger partial charge on any atom is 0.325 e. The summed E-state index contributed by atoms with van der Waals surface area (Å²) in [6.07, 6.45) is 0. The Morgan fingerprint density at radius 2 is 1.75 bits per heavy atom. The first-order valence-electron chi connectivity index (χ1n) is 7.59. The molecule has 0 radical (unpaired) electrons. The Hall–Kier alpha value is -2.89. The zero-order chi connectivity index (χ0) is 17.2. The van der Waals surface area contributed by atoms with Gasteiger partial charge in [-0.15, -0.1) is 0 Å². The van der Waals surface area contributed by atoms with Crippen molar-refractivity contribution in [1.82, 2.24) is 10.2 Å². The standard InChI is InChI=1S/C18H17FN2O3/c1-18(13-7-9-14(19)10-8-13)16(22)21(17(23)20-18)11-12-24-15-5-3-2-4-6-15/h2-10H,11-12H2,1H3,(H,20,23)/t18-/m0/s1. The van der Waals surface area contributed by atoms with Gasteiger partial charge in [0.05, 0.1) is 6.54 Å². The van der Waals surface area contributed by atoms with Crippen LogP contribution >= 0.6 is 0 Å². The fraction of sp³-hybridized carbons (Fsp3) is 0.222. The molecule has 1 saturated heterocycles. The monoisotopic (exact) mass is 328 g/mol. The molecule has 0 unspecified atom stereocenters. The highest BCUT2D eigenvalue weighted by Gasteiger charge is 2.48. The van der Waals surface area contributed by atoms with Crippen molar-refractivity contribution in [2.75, 3.05) is 13.2 Å². The minimum absolute atomic E-state index is 0.135. The molecule has 0 aliphatic carbocycles. The second-order valence-corrected chi connectivity index (χ2v) is 5.68. The SMILES string of the molecule is C[C@@]1(c2ccc(F)cc2)NC(=O)N(CCOc2ccccc2)C1=O. The molecule has 1 atom stereocenters. The van der Waals surface area contributed by atoms with Crippen LogP contribution in [0.25, 0.3) is 0 Å². The van der Waals surface area contributed by atoms with Crippen LogP contribution in [0, 0.1) is 5.82 Å². The third-order valence-corrected chi connectivity index (χ3v) is 4.02. The molecule has 2 aromatic rings. The zero-order valence-electron chi connectivity index (χ0n) is 13.2. The van der Waals surface area contributed by atoms with Gasteiger partial charge in [0.25, 0.3) is 5.91 Å². The summed E-state index contributed by atoms with van der Waals surface area (Å²) in [7, 11) is 0. The number of carbonyl (C=O) groups is 2. The van der Waals surface area contributed by atoms with E-state index < -0.39 is 17.4 Å². The molecule has 1 aliphatic rings. The number of carbonyl (C=O) groups excluding carboxylic acids is 2. The minimum Gasteiger partial charge on any atom is -0.492 e. The van der Waals surface area contributed by atoms with E-state index in [1.54, 1.807) is 19.1 Å². The molecule has 6 heteroatoms. The average molecular weight is 328 g/mol. The normalized spacial score (nSPS) is 20.2. The molecule has 1 heterocycles. The average Bonchev–Trinajstić information content (AvgIpc) is 2.80. The summed E-state index contributed by atoms with van der Waals surface area (Å²) in [6.45, 7) is 1.94. The van der Waals surface area contributed by atoms with Crippen LogP contribution in [0.15, 0.2) is 54.6 Å². The third kappa shape index (κ3) is 2.95. The van der Waals surface area contributed by atoms with Gasteiger partial charge in [-0.3, -0.25) is 9.69 Å². The second kappa shape index (κ2) is 6.31. The number of rotatable bonds is 5. The van der Waals surface area contributed by atoms with Gasteiger partial charge in [0, 0.05) is 0 Å². The van der Waals surface area contributed by atoms with E-state index in [0.29, 0.717) is 11.3 Å². The Bertz CT molecular complexity index is 749. The van der Waals surface area contributed by atoms with Crippen LogP contribution in [0.3, 0.4) is 0 Å². The van der Waals surface area contributed by atoms with Crippen LogP contribution in [-0.4, -0.2) is 30.0 Å². The van der Waals surface area contributed by atoms with Crippen molar-refractivity contribution in [2.45, 2.75) is 12.5 Å². The predicted octanol–water partition coefficient (Wildman–Crippen LogP) is 2.67. The van der Waals surface area contributed by atoms with Gasteiger partial charge in [0.2, 0.25) is 0 Å². The van der Waals surface area contributed by atoms with E-state index >= 15 is 0 Å². The molecule has 5 nitrogen and oxygen atoms in total. The molecule has 3 amide bonds. The molecule has 1 N–H and O–H groups in total. The summed E-state index contributed by atoms with van der Waals surface area (Å²) >= 11 is 0. The lowest BCUT2D eigenvalue weighted by Crippen LogP contribution is -2.41. The first-order valence-corrected chi connectivity index (χ1v) is 7.59. The van der Waals surface area contributed by atoms with Crippen molar-refractivity contribution >= 4 is 11.9 Å². The van der Waals surface area contributed by atoms with Crippen molar-refractivity contribution in [3.63, 3.8) is 0 Å². The first kappa shape index (κ1) is 16.0. The minimum atomic E-state index is -1.20. The van der Waals surface area contributed by atoms with E-state index in [0.717, 1.165) is 4.90 Å². The van der Waals surface area contributed by atoms with Gasteiger partial charge >= 0.3 is 6.03 Å². The molecule has 0 bridgehead atoms. The highest BCUT2D eigenvalue weighted by molar-refractivity contribution is 6.07. The lowest BCUT2D eigenvalue weighted by Gasteiger charge is -2.22. The molecule has 0 saturated carbocycles. The molecular weight excluding hydrogens is 311 g/mol. The van der Waals surface area contributed by atoms with Gasteiger partial charge in [0.15, 0.2) is 0 Å². The molecule has 24 heavy (non-hydrogen) atoms. The fourth-order valence-corrected chi connectivity index (χ4v) is 2.65. The van der Waals surface area contributed by atoms with E-state index in [-0.39, 0.29) is 19.1 Å². The largest absolute Gasteiger partial charge is 0.492 e. The van der Waals surface area contributed by atoms with E-state index in [4.69, 9.17) is 4.74 Å². The van der Waals surface area contributed by atoms with Gasteiger partial charge in [-0.25, -0.2) is 9.18 Å². The van der Waals surface area contributed by atoms with Gasteiger partial charge < -0.3 is 10.1 Å². The number of urea groups is 1. The van der Waals surface area contributed by atoms with E-state index in [1.165, 1.54) is 24.3 Å². The molecule has 0 aromatic heterocycles. The second-order valence-electron chi connectivity index (χ2n) is 5.68. The number of imide groups is 1. The third-order valence-electron chi connectivity index (χ3n) is 4.02. The van der Waals surface area contributed by atoms with Crippen molar-refractivity contribution in [2.24, 2.45) is 0 Å². The number of amides is 3. The smallest absolute Gasteiger partial charge is 0.325 e. The van der Waals surface area contributed by atoms with Gasteiger partial charge in [-0.05, 0) is 36.8 Å². The summed E-state index contributed by atoms with van der Waals surface area (Å²) in [4.78, 5) is 25.9. The van der Waals surface area contributed by atoms with Crippen molar-refractivity contribution in [3.8, 4) is 5.75 Å². The Morgan fingerprint density at radius 1 is 1.08 bits per heavy atom. The molecule has 124 valence electrons. The fourth-order valence-electron chi connectivity index (χ4n) is 2.65. The van der Waals surface area contributed by atoms with Crippen LogP contribution in [0.5, 0.6) is 5.75 Å². The van der Waals surface area contributed by atoms with Crippen LogP contribution in [0.2, 0.25) is 0 Å². The number of para-hydroxylation sites is 1. The molecule has 1 aliphatic heterocycles. The first-order chi connectivity index (χ1) is 11.5. The number of nitrogens with zero attached hydrogens (tertiary/aromatic N) is 1. The molecular formula is C18H17FN2O3. The van der Waals surface area contributed by atoms with Crippen LogP contribution < -0.4 is 10.1 Å².